The third kappa shape index (κ3) is 2.31. The van der Waals surface area contributed by atoms with Gasteiger partial charge in [-0.05, 0) is 24.3 Å². The molecule has 2 heterocycles. The summed E-state index contributed by atoms with van der Waals surface area (Å²) in [6.07, 6.45) is 3.00. The van der Waals surface area contributed by atoms with Crippen molar-refractivity contribution in [1.82, 2.24) is 9.97 Å². The summed E-state index contributed by atoms with van der Waals surface area (Å²) in [6.45, 7) is 0. The van der Waals surface area contributed by atoms with E-state index in [0.717, 1.165) is 22.4 Å². The summed E-state index contributed by atoms with van der Waals surface area (Å²) in [5, 5.41) is 13.9. The predicted molar refractivity (Wildman–Crippen MR) is 79.1 cm³/mol. The number of rotatable bonds is 3. The summed E-state index contributed by atoms with van der Waals surface area (Å²) in [5.74, 6) is -0.991. The van der Waals surface area contributed by atoms with Crippen LogP contribution in [0.2, 0.25) is 5.02 Å². The second kappa shape index (κ2) is 5.07. The highest BCUT2D eigenvalue weighted by molar-refractivity contribution is 7.17. The molecular weight excluding hydrogens is 298 g/mol. The minimum Gasteiger partial charge on any atom is -0.477 e. The quantitative estimate of drug-likeness (QED) is 0.770. The third-order valence-electron chi connectivity index (χ3n) is 2.67. The Morgan fingerprint density at radius 3 is 2.90 bits per heavy atom. The van der Waals surface area contributed by atoms with E-state index in [2.05, 4.69) is 15.3 Å². The van der Waals surface area contributed by atoms with E-state index >= 15 is 0 Å². The number of hydrogen-bond donors (Lipinski definition) is 2. The molecule has 2 aromatic heterocycles. The average molecular weight is 306 g/mol. The SMILES string of the molecule is O=C(O)c1cnc(Nc2ccc(Cl)c3cccnc23)s1. The highest BCUT2D eigenvalue weighted by Gasteiger charge is 2.11. The number of nitrogens with zero attached hydrogens (tertiary/aromatic N) is 2. The number of anilines is 2. The first-order valence-corrected chi connectivity index (χ1v) is 6.84. The fraction of sp³-hybridized carbons (Fsp3) is 0. The first kappa shape index (κ1) is 12.8. The first-order chi connectivity index (χ1) is 9.65. The van der Waals surface area contributed by atoms with Crippen LogP contribution in [0.3, 0.4) is 0 Å². The average Bonchev–Trinajstić information content (AvgIpc) is 2.91. The number of aromatic nitrogens is 2. The van der Waals surface area contributed by atoms with Crippen molar-refractivity contribution in [3.05, 3.63) is 46.6 Å². The lowest BCUT2D eigenvalue weighted by molar-refractivity contribution is 0.0702. The molecule has 0 atom stereocenters. The lowest BCUT2D eigenvalue weighted by Gasteiger charge is -2.07. The van der Waals surface area contributed by atoms with Crippen molar-refractivity contribution in [3.8, 4) is 0 Å². The molecule has 20 heavy (non-hydrogen) atoms. The highest BCUT2D eigenvalue weighted by Crippen LogP contribution is 2.31. The molecule has 0 bridgehead atoms. The molecule has 0 amide bonds. The Morgan fingerprint density at radius 2 is 2.15 bits per heavy atom. The number of hydrogen-bond acceptors (Lipinski definition) is 5. The Balaban J connectivity index is 2.02. The van der Waals surface area contributed by atoms with Gasteiger partial charge in [-0.25, -0.2) is 9.78 Å². The molecule has 0 spiro atoms. The Morgan fingerprint density at radius 1 is 1.30 bits per heavy atom. The molecule has 2 N–H and O–H groups in total. The fourth-order valence-corrected chi connectivity index (χ4v) is 2.67. The zero-order valence-electron chi connectivity index (χ0n) is 10.0. The number of halogens is 1. The van der Waals surface area contributed by atoms with Gasteiger partial charge in [0.15, 0.2) is 5.13 Å². The number of aromatic carboxylic acids is 1. The Bertz CT molecular complexity index is 803. The maximum absolute atomic E-state index is 10.8. The van der Waals surface area contributed by atoms with Gasteiger partial charge in [-0.15, -0.1) is 0 Å². The van der Waals surface area contributed by atoms with Crippen LogP contribution < -0.4 is 5.32 Å². The van der Waals surface area contributed by atoms with Crippen LogP contribution >= 0.6 is 22.9 Å². The number of pyridine rings is 1. The second-order valence-corrected chi connectivity index (χ2v) is 5.39. The molecule has 100 valence electrons. The normalized spacial score (nSPS) is 10.7. The Labute approximate surface area is 122 Å². The van der Waals surface area contributed by atoms with Crippen LogP contribution in [0.15, 0.2) is 36.7 Å². The molecule has 1 aromatic carbocycles. The largest absolute Gasteiger partial charge is 0.477 e. The monoisotopic (exact) mass is 305 g/mol. The summed E-state index contributed by atoms with van der Waals surface area (Å²) in [4.78, 5) is 19.3. The summed E-state index contributed by atoms with van der Waals surface area (Å²) >= 11 is 7.19. The van der Waals surface area contributed by atoms with Crippen LogP contribution in [0.1, 0.15) is 9.67 Å². The number of thiazole rings is 1. The molecule has 5 nitrogen and oxygen atoms in total. The van der Waals surface area contributed by atoms with Gasteiger partial charge in [-0.3, -0.25) is 4.98 Å². The number of carboxylic acid groups (broad SMARTS) is 1. The van der Waals surface area contributed by atoms with Crippen molar-refractivity contribution in [2.24, 2.45) is 0 Å². The number of carbonyl (C=O) groups is 1. The lowest BCUT2D eigenvalue weighted by atomic mass is 10.2. The lowest BCUT2D eigenvalue weighted by Crippen LogP contribution is -1.92. The molecule has 0 fully saturated rings. The summed E-state index contributed by atoms with van der Waals surface area (Å²) in [7, 11) is 0. The van der Waals surface area contributed by atoms with E-state index in [1.807, 2.05) is 12.1 Å². The third-order valence-corrected chi connectivity index (χ3v) is 3.90. The van der Waals surface area contributed by atoms with Crippen LogP contribution in [0.25, 0.3) is 10.9 Å². The Hall–Kier alpha value is -2.18. The van der Waals surface area contributed by atoms with E-state index in [1.54, 1.807) is 18.3 Å². The predicted octanol–water partition coefficient (Wildman–Crippen LogP) is 3.79. The van der Waals surface area contributed by atoms with E-state index < -0.39 is 5.97 Å². The molecule has 0 aliphatic rings. The first-order valence-electron chi connectivity index (χ1n) is 5.64. The molecule has 0 aliphatic heterocycles. The van der Waals surface area contributed by atoms with Gasteiger partial charge in [-0.2, -0.15) is 0 Å². The van der Waals surface area contributed by atoms with Crippen LogP contribution in [0, 0.1) is 0 Å². The van der Waals surface area contributed by atoms with Gasteiger partial charge in [0.25, 0.3) is 0 Å². The standard InChI is InChI=1S/C13H8ClN3O2S/c14-8-3-4-9(11-7(8)2-1-5-15-11)17-13-16-6-10(20-13)12(18)19/h1-6H,(H,16,17)(H,18,19). The summed E-state index contributed by atoms with van der Waals surface area (Å²) in [6, 6.07) is 7.24. The maximum Gasteiger partial charge on any atom is 0.347 e. The van der Waals surface area contributed by atoms with Gasteiger partial charge in [0.05, 0.1) is 22.4 Å². The summed E-state index contributed by atoms with van der Waals surface area (Å²) < 4.78 is 0. The zero-order valence-corrected chi connectivity index (χ0v) is 11.6. The van der Waals surface area contributed by atoms with E-state index in [0.29, 0.717) is 15.7 Å². The zero-order chi connectivity index (χ0) is 14.1. The number of benzene rings is 1. The van der Waals surface area contributed by atoms with Gasteiger partial charge in [0.2, 0.25) is 0 Å². The fourth-order valence-electron chi connectivity index (χ4n) is 1.78. The van der Waals surface area contributed by atoms with Crippen LogP contribution in [0.4, 0.5) is 10.8 Å². The van der Waals surface area contributed by atoms with Crippen LogP contribution in [0.5, 0.6) is 0 Å². The second-order valence-electron chi connectivity index (χ2n) is 3.95. The minimum atomic E-state index is -0.991. The van der Waals surface area contributed by atoms with Crippen molar-refractivity contribution in [2.75, 3.05) is 5.32 Å². The van der Waals surface area contributed by atoms with Crippen molar-refractivity contribution < 1.29 is 9.90 Å². The summed E-state index contributed by atoms with van der Waals surface area (Å²) in [5.41, 5.74) is 1.45. The van der Waals surface area contributed by atoms with Gasteiger partial charge in [-0.1, -0.05) is 22.9 Å². The molecular formula is C13H8ClN3O2S. The van der Waals surface area contributed by atoms with Gasteiger partial charge in [0.1, 0.15) is 4.88 Å². The van der Waals surface area contributed by atoms with Crippen molar-refractivity contribution in [2.45, 2.75) is 0 Å². The number of carboxylic acids is 1. The number of fused-ring (bicyclic) bond motifs is 1. The maximum atomic E-state index is 10.8. The van der Waals surface area contributed by atoms with Gasteiger partial charge in [0, 0.05) is 11.6 Å². The van der Waals surface area contributed by atoms with Crippen molar-refractivity contribution in [1.29, 1.82) is 0 Å². The molecule has 0 unspecified atom stereocenters. The molecule has 0 aliphatic carbocycles. The van der Waals surface area contributed by atoms with Crippen LogP contribution in [-0.2, 0) is 0 Å². The number of nitrogens with one attached hydrogen (secondary N) is 1. The minimum absolute atomic E-state index is 0.179. The molecule has 0 saturated carbocycles. The van der Waals surface area contributed by atoms with E-state index in [9.17, 15) is 4.79 Å². The topological polar surface area (TPSA) is 75.1 Å². The van der Waals surface area contributed by atoms with E-state index in [4.69, 9.17) is 16.7 Å². The van der Waals surface area contributed by atoms with Crippen LogP contribution in [-0.4, -0.2) is 21.0 Å². The molecule has 7 heteroatoms. The van der Waals surface area contributed by atoms with E-state index in [1.165, 1.54) is 6.20 Å². The molecule has 3 aromatic rings. The molecule has 3 rings (SSSR count). The highest BCUT2D eigenvalue weighted by atomic mass is 35.5. The Kier molecular flexibility index (Phi) is 3.25. The smallest absolute Gasteiger partial charge is 0.347 e. The molecule has 0 radical (unpaired) electrons. The van der Waals surface area contributed by atoms with Crippen molar-refractivity contribution >= 4 is 50.6 Å². The van der Waals surface area contributed by atoms with E-state index in [-0.39, 0.29) is 4.88 Å². The molecule has 0 saturated heterocycles. The van der Waals surface area contributed by atoms with Gasteiger partial charge < -0.3 is 10.4 Å². The van der Waals surface area contributed by atoms with Crippen molar-refractivity contribution in [3.63, 3.8) is 0 Å². The van der Waals surface area contributed by atoms with Gasteiger partial charge >= 0.3 is 5.97 Å².